The summed E-state index contributed by atoms with van der Waals surface area (Å²) in [6.07, 6.45) is 0.545. The van der Waals surface area contributed by atoms with Gasteiger partial charge in [-0.1, -0.05) is 23.7 Å². The first-order valence-corrected chi connectivity index (χ1v) is 6.60. The highest BCUT2D eigenvalue weighted by molar-refractivity contribution is 6.30. The van der Waals surface area contributed by atoms with E-state index in [2.05, 4.69) is 5.32 Å². The van der Waals surface area contributed by atoms with Gasteiger partial charge in [-0.2, -0.15) is 0 Å². The van der Waals surface area contributed by atoms with Crippen molar-refractivity contribution in [1.82, 2.24) is 5.32 Å². The van der Waals surface area contributed by atoms with E-state index in [4.69, 9.17) is 16.3 Å². The van der Waals surface area contributed by atoms with Crippen LogP contribution in [0.1, 0.15) is 24.9 Å². The van der Waals surface area contributed by atoms with Crippen molar-refractivity contribution in [3.63, 3.8) is 0 Å². The molecule has 5 heteroatoms. The number of aliphatic hydroxyl groups is 1. The average molecular weight is 284 g/mol. The Morgan fingerprint density at radius 3 is 2.68 bits per heavy atom. The molecule has 0 radical (unpaired) electrons. The second-order valence-corrected chi connectivity index (χ2v) is 5.58. The molecule has 0 spiro atoms. The summed E-state index contributed by atoms with van der Waals surface area (Å²) in [5.74, 6) is -0.326. The number of hydrogen-bond acceptors (Lipinski definition) is 4. The number of hydrogen-bond donors (Lipinski definition) is 2. The van der Waals surface area contributed by atoms with Crippen molar-refractivity contribution in [1.29, 1.82) is 0 Å². The van der Waals surface area contributed by atoms with Crippen LogP contribution in [0.15, 0.2) is 24.3 Å². The van der Waals surface area contributed by atoms with E-state index >= 15 is 0 Å². The molecule has 0 unspecified atom stereocenters. The van der Waals surface area contributed by atoms with Crippen LogP contribution in [0.25, 0.3) is 0 Å². The number of benzene rings is 1. The van der Waals surface area contributed by atoms with Crippen LogP contribution in [0.5, 0.6) is 0 Å². The number of carbonyl (C=O) groups is 1. The summed E-state index contributed by atoms with van der Waals surface area (Å²) in [5.41, 5.74) is 0.253. The molecule has 2 rings (SSSR count). The van der Waals surface area contributed by atoms with Crippen LogP contribution in [0.2, 0.25) is 5.02 Å². The molecule has 1 aliphatic rings. The number of rotatable bonds is 3. The molecular weight excluding hydrogens is 266 g/mol. The van der Waals surface area contributed by atoms with Crippen molar-refractivity contribution < 1.29 is 14.6 Å². The standard InChI is InChI=1S/C14H18ClNO3/c1-14(13(18)19-2)7-10(8-17)12(16-14)9-3-5-11(15)6-4-9/h3-6,10,12,16-17H,7-8H2,1-2H3/t10-,12-,14+/m1/s1. The van der Waals surface area contributed by atoms with Crippen LogP contribution in [0.3, 0.4) is 0 Å². The number of halogens is 1. The Morgan fingerprint density at radius 2 is 2.16 bits per heavy atom. The summed E-state index contributed by atoms with van der Waals surface area (Å²) in [7, 11) is 1.37. The quantitative estimate of drug-likeness (QED) is 0.832. The minimum atomic E-state index is -0.757. The topological polar surface area (TPSA) is 58.6 Å². The molecule has 2 N–H and O–H groups in total. The molecule has 1 aliphatic heterocycles. The van der Waals surface area contributed by atoms with Gasteiger partial charge in [0.1, 0.15) is 5.54 Å². The second kappa shape index (κ2) is 5.49. The van der Waals surface area contributed by atoms with Gasteiger partial charge in [0.25, 0.3) is 0 Å². The van der Waals surface area contributed by atoms with E-state index in [-0.39, 0.29) is 24.5 Å². The summed E-state index contributed by atoms with van der Waals surface area (Å²) in [6.45, 7) is 1.82. The van der Waals surface area contributed by atoms with Crippen molar-refractivity contribution in [2.24, 2.45) is 5.92 Å². The van der Waals surface area contributed by atoms with Crippen molar-refractivity contribution in [2.45, 2.75) is 24.9 Å². The average Bonchev–Trinajstić information content (AvgIpc) is 2.77. The molecule has 1 fully saturated rings. The van der Waals surface area contributed by atoms with Crippen molar-refractivity contribution in [2.75, 3.05) is 13.7 Å². The molecule has 0 aliphatic carbocycles. The Morgan fingerprint density at radius 1 is 1.53 bits per heavy atom. The first kappa shape index (κ1) is 14.3. The van der Waals surface area contributed by atoms with Gasteiger partial charge in [-0.15, -0.1) is 0 Å². The van der Waals surface area contributed by atoms with Crippen LogP contribution >= 0.6 is 11.6 Å². The van der Waals surface area contributed by atoms with E-state index in [0.717, 1.165) is 5.56 Å². The first-order valence-electron chi connectivity index (χ1n) is 6.22. The van der Waals surface area contributed by atoms with Gasteiger partial charge in [0.05, 0.1) is 7.11 Å². The third-order valence-corrected chi connectivity index (χ3v) is 3.97. The highest BCUT2D eigenvalue weighted by atomic mass is 35.5. The molecular formula is C14H18ClNO3. The second-order valence-electron chi connectivity index (χ2n) is 5.14. The lowest BCUT2D eigenvalue weighted by Gasteiger charge is -2.22. The Bertz CT molecular complexity index is 462. The van der Waals surface area contributed by atoms with E-state index in [1.807, 2.05) is 12.1 Å². The summed E-state index contributed by atoms with van der Waals surface area (Å²) in [5, 5.41) is 13.5. The SMILES string of the molecule is COC(=O)[C@]1(C)C[C@H](CO)[C@@H](c2ccc(Cl)cc2)N1. The normalized spacial score (nSPS) is 30.3. The molecule has 4 nitrogen and oxygen atoms in total. The van der Waals surface area contributed by atoms with Crippen molar-refractivity contribution in [3.8, 4) is 0 Å². The number of carbonyl (C=O) groups excluding carboxylic acids is 1. The molecule has 0 saturated carbocycles. The van der Waals surface area contributed by atoms with Gasteiger partial charge < -0.3 is 9.84 Å². The zero-order valence-corrected chi connectivity index (χ0v) is 11.8. The van der Waals surface area contributed by atoms with E-state index in [1.165, 1.54) is 7.11 Å². The van der Waals surface area contributed by atoms with E-state index in [9.17, 15) is 9.90 Å². The number of ether oxygens (including phenoxy) is 1. The fourth-order valence-corrected chi connectivity index (χ4v) is 2.85. The predicted octanol–water partition coefficient (Wildman–Crippen LogP) is 1.91. The molecule has 19 heavy (non-hydrogen) atoms. The zero-order valence-electron chi connectivity index (χ0n) is 11.0. The van der Waals surface area contributed by atoms with Gasteiger partial charge in [-0.3, -0.25) is 10.1 Å². The number of methoxy groups -OCH3 is 1. The molecule has 1 aromatic carbocycles. The number of aliphatic hydroxyl groups excluding tert-OH is 1. The monoisotopic (exact) mass is 283 g/mol. The summed E-state index contributed by atoms with van der Waals surface area (Å²) >= 11 is 5.87. The Labute approximate surface area is 117 Å². The number of nitrogens with one attached hydrogen (secondary N) is 1. The largest absolute Gasteiger partial charge is 0.468 e. The first-order chi connectivity index (χ1) is 9.00. The maximum absolute atomic E-state index is 11.8. The molecule has 0 bridgehead atoms. The molecule has 1 aromatic rings. The highest BCUT2D eigenvalue weighted by Gasteiger charge is 2.47. The van der Waals surface area contributed by atoms with E-state index in [1.54, 1.807) is 19.1 Å². The smallest absolute Gasteiger partial charge is 0.325 e. The van der Waals surface area contributed by atoms with Gasteiger partial charge >= 0.3 is 5.97 Å². The molecule has 0 aromatic heterocycles. The van der Waals surface area contributed by atoms with E-state index in [0.29, 0.717) is 11.4 Å². The fourth-order valence-electron chi connectivity index (χ4n) is 2.73. The summed E-state index contributed by atoms with van der Waals surface area (Å²) in [6, 6.07) is 7.35. The van der Waals surface area contributed by atoms with Gasteiger partial charge in [0.2, 0.25) is 0 Å². The minimum absolute atomic E-state index is 0.0207. The third-order valence-electron chi connectivity index (χ3n) is 3.72. The molecule has 3 atom stereocenters. The molecule has 1 saturated heterocycles. The van der Waals surface area contributed by atoms with Crippen LogP contribution < -0.4 is 5.32 Å². The van der Waals surface area contributed by atoms with Crippen LogP contribution in [0, 0.1) is 5.92 Å². The Hall–Kier alpha value is -1.10. The Kier molecular flexibility index (Phi) is 4.13. The van der Waals surface area contributed by atoms with E-state index < -0.39 is 5.54 Å². The lowest BCUT2D eigenvalue weighted by atomic mass is 9.91. The zero-order chi connectivity index (χ0) is 14.0. The van der Waals surface area contributed by atoms with Crippen LogP contribution in [-0.2, 0) is 9.53 Å². The van der Waals surface area contributed by atoms with Crippen molar-refractivity contribution in [3.05, 3.63) is 34.9 Å². The maximum Gasteiger partial charge on any atom is 0.325 e. The minimum Gasteiger partial charge on any atom is -0.468 e. The van der Waals surface area contributed by atoms with Crippen molar-refractivity contribution >= 4 is 17.6 Å². The summed E-state index contributed by atoms with van der Waals surface area (Å²) < 4.78 is 4.83. The lowest BCUT2D eigenvalue weighted by molar-refractivity contribution is -0.147. The molecule has 1 heterocycles. The van der Waals surface area contributed by atoms with Gasteiger partial charge in [-0.25, -0.2) is 0 Å². The number of esters is 1. The van der Waals surface area contributed by atoms with Gasteiger partial charge in [-0.05, 0) is 31.0 Å². The van der Waals surface area contributed by atoms with Gasteiger partial charge in [0, 0.05) is 23.6 Å². The Balaban J connectivity index is 2.25. The third kappa shape index (κ3) is 2.76. The highest BCUT2D eigenvalue weighted by Crippen LogP contribution is 2.38. The van der Waals surface area contributed by atoms with Crippen LogP contribution in [0.4, 0.5) is 0 Å². The predicted molar refractivity (Wildman–Crippen MR) is 72.9 cm³/mol. The summed E-state index contributed by atoms with van der Waals surface area (Å²) in [4.78, 5) is 11.8. The maximum atomic E-state index is 11.8. The van der Waals surface area contributed by atoms with Gasteiger partial charge in [0.15, 0.2) is 0 Å². The molecule has 0 amide bonds. The molecule has 104 valence electrons. The fraction of sp³-hybridized carbons (Fsp3) is 0.500. The van der Waals surface area contributed by atoms with Crippen LogP contribution in [-0.4, -0.2) is 30.3 Å². The lowest BCUT2D eigenvalue weighted by Crippen LogP contribution is -2.45.